The molecule has 3 aromatic rings. The third-order valence-corrected chi connectivity index (χ3v) is 4.68. The highest BCUT2D eigenvalue weighted by Crippen LogP contribution is 2.29. The van der Waals surface area contributed by atoms with Gasteiger partial charge < -0.3 is 4.90 Å². The van der Waals surface area contributed by atoms with Crippen molar-refractivity contribution >= 4 is 33.7 Å². The molecule has 106 valence electrons. The highest BCUT2D eigenvalue weighted by atomic mass is 32.1. The largest absolute Gasteiger partial charge is 0.307 e. The number of hydrogen-bond donors (Lipinski definition) is 0. The van der Waals surface area contributed by atoms with Gasteiger partial charge in [-0.2, -0.15) is 0 Å². The lowest BCUT2D eigenvalue weighted by atomic mass is 10.1. The van der Waals surface area contributed by atoms with Gasteiger partial charge in [-0.1, -0.05) is 36.4 Å². The van der Waals surface area contributed by atoms with Crippen molar-refractivity contribution in [1.82, 2.24) is 0 Å². The Morgan fingerprint density at radius 1 is 1.10 bits per heavy atom. The second-order valence-corrected chi connectivity index (χ2v) is 5.90. The molecule has 0 spiro atoms. The second kappa shape index (κ2) is 5.70. The number of amides is 1. The zero-order valence-electron chi connectivity index (χ0n) is 12.2. The molecule has 0 unspecified atom stereocenters. The standard InChI is InChI=1S/C18H17NOS/c1-3-19(18(20)17-13(2)11-12-21-17)16-10-6-8-14-7-4-5-9-15(14)16/h4-12H,3H2,1-2H3. The van der Waals surface area contributed by atoms with Crippen molar-refractivity contribution in [2.24, 2.45) is 0 Å². The Labute approximate surface area is 128 Å². The van der Waals surface area contributed by atoms with Crippen LogP contribution in [-0.2, 0) is 0 Å². The van der Waals surface area contributed by atoms with Gasteiger partial charge in [-0.3, -0.25) is 4.79 Å². The van der Waals surface area contributed by atoms with Crippen molar-refractivity contribution < 1.29 is 4.79 Å². The van der Waals surface area contributed by atoms with Gasteiger partial charge in [0, 0.05) is 11.9 Å². The smallest absolute Gasteiger partial charge is 0.268 e. The maximum Gasteiger partial charge on any atom is 0.268 e. The van der Waals surface area contributed by atoms with Crippen molar-refractivity contribution in [2.75, 3.05) is 11.4 Å². The normalized spacial score (nSPS) is 10.8. The van der Waals surface area contributed by atoms with Crippen LogP contribution in [0.2, 0.25) is 0 Å². The van der Waals surface area contributed by atoms with E-state index < -0.39 is 0 Å². The number of thiophene rings is 1. The SMILES string of the molecule is CCN(C(=O)c1sccc1C)c1cccc2ccccc12. The van der Waals surface area contributed by atoms with Crippen molar-refractivity contribution in [1.29, 1.82) is 0 Å². The lowest BCUT2D eigenvalue weighted by Crippen LogP contribution is -2.30. The van der Waals surface area contributed by atoms with Crippen LogP contribution >= 0.6 is 11.3 Å². The minimum Gasteiger partial charge on any atom is -0.307 e. The van der Waals surface area contributed by atoms with E-state index in [0.717, 1.165) is 26.9 Å². The monoisotopic (exact) mass is 295 g/mol. The minimum atomic E-state index is 0.0846. The molecule has 2 nitrogen and oxygen atoms in total. The van der Waals surface area contributed by atoms with E-state index in [-0.39, 0.29) is 5.91 Å². The van der Waals surface area contributed by atoms with Gasteiger partial charge >= 0.3 is 0 Å². The summed E-state index contributed by atoms with van der Waals surface area (Å²) in [5.41, 5.74) is 2.03. The number of aryl methyl sites for hydroxylation is 1. The zero-order chi connectivity index (χ0) is 14.8. The Balaban J connectivity index is 2.11. The topological polar surface area (TPSA) is 20.3 Å². The van der Waals surface area contributed by atoms with E-state index in [0.29, 0.717) is 6.54 Å². The van der Waals surface area contributed by atoms with E-state index in [9.17, 15) is 4.79 Å². The number of carbonyl (C=O) groups is 1. The average Bonchev–Trinajstić information content (AvgIpc) is 2.94. The summed E-state index contributed by atoms with van der Waals surface area (Å²) >= 11 is 1.51. The zero-order valence-corrected chi connectivity index (χ0v) is 13.0. The molecule has 0 atom stereocenters. The molecule has 0 N–H and O–H groups in total. The molecule has 1 amide bonds. The predicted octanol–water partition coefficient (Wildman–Crippen LogP) is 4.88. The fourth-order valence-corrected chi connectivity index (χ4v) is 3.45. The van der Waals surface area contributed by atoms with Crippen LogP contribution in [0.3, 0.4) is 0 Å². The van der Waals surface area contributed by atoms with Gasteiger partial charge in [0.1, 0.15) is 0 Å². The van der Waals surface area contributed by atoms with Crippen LogP contribution in [0.1, 0.15) is 22.2 Å². The Morgan fingerprint density at radius 3 is 2.57 bits per heavy atom. The number of carbonyl (C=O) groups excluding carboxylic acids is 1. The lowest BCUT2D eigenvalue weighted by molar-refractivity contribution is 0.0992. The first kappa shape index (κ1) is 13.8. The molecule has 3 heteroatoms. The quantitative estimate of drug-likeness (QED) is 0.674. The van der Waals surface area contributed by atoms with Gasteiger partial charge in [0.2, 0.25) is 0 Å². The Bertz CT molecular complexity index is 785. The van der Waals surface area contributed by atoms with Crippen LogP contribution in [0.25, 0.3) is 10.8 Å². The van der Waals surface area contributed by atoms with E-state index in [2.05, 4.69) is 18.2 Å². The second-order valence-electron chi connectivity index (χ2n) is 4.98. The van der Waals surface area contributed by atoms with E-state index in [4.69, 9.17) is 0 Å². The summed E-state index contributed by atoms with van der Waals surface area (Å²) in [5, 5.41) is 4.24. The molecule has 1 aromatic heterocycles. The molecule has 0 aliphatic heterocycles. The van der Waals surface area contributed by atoms with Gasteiger partial charge in [-0.05, 0) is 42.3 Å². The summed E-state index contributed by atoms with van der Waals surface area (Å²) in [5.74, 6) is 0.0846. The summed E-state index contributed by atoms with van der Waals surface area (Å²) in [6, 6.07) is 16.3. The fraction of sp³-hybridized carbons (Fsp3) is 0.167. The Morgan fingerprint density at radius 2 is 1.86 bits per heavy atom. The molecule has 3 rings (SSSR count). The summed E-state index contributed by atoms with van der Waals surface area (Å²) in [4.78, 5) is 15.5. The number of hydrogen-bond acceptors (Lipinski definition) is 2. The molecule has 0 radical (unpaired) electrons. The average molecular weight is 295 g/mol. The Hall–Kier alpha value is -2.13. The first-order chi connectivity index (χ1) is 10.2. The number of rotatable bonds is 3. The molecule has 1 heterocycles. The van der Waals surface area contributed by atoms with Gasteiger partial charge in [-0.25, -0.2) is 0 Å². The van der Waals surface area contributed by atoms with E-state index in [1.165, 1.54) is 11.3 Å². The van der Waals surface area contributed by atoms with Crippen LogP contribution in [0.15, 0.2) is 53.9 Å². The molecule has 2 aromatic carbocycles. The first-order valence-corrected chi connectivity index (χ1v) is 7.94. The summed E-state index contributed by atoms with van der Waals surface area (Å²) < 4.78 is 0. The molecular weight excluding hydrogens is 278 g/mol. The lowest BCUT2D eigenvalue weighted by Gasteiger charge is -2.22. The molecule has 0 fully saturated rings. The molecule has 0 saturated carbocycles. The van der Waals surface area contributed by atoms with Crippen LogP contribution in [-0.4, -0.2) is 12.5 Å². The summed E-state index contributed by atoms with van der Waals surface area (Å²) in [6.45, 7) is 4.66. The molecule has 0 aliphatic carbocycles. The molecular formula is C18H17NOS. The number of benzene rings is 2. The van der Waals surface area contributed by atoms with Crippen LogP contribution < -0.4 is 4.90 Å². The first-order valence-electron chi connectivity index (χ1n) is 7.06. The highest BCUT2D eigenvalue weighted by Gasteiger charge is 2.20. The number of nitrogens with zero attached hydrogens (tertiary/aromatic N) is 1. The van der Waals surface area contributed by atoms with Gasteiger partial charge in [0.05, 0.1) is 10.6 Å². The molecule has 0 saturated heterocycles. The minimum absolute atomic E-state index is 0.0846. The van der Waals surface area contributed by atoms with Crippen LogP contribution in [0.4, 0.5) is 5.69 Å². The van der Waals surface area contributed by atoms with Gasteiger partial charge in [-0.15, -0.1) is 11.3 Å². The van der Waals surface area contributed by atoms with E-state index in [1.807, 2.05) is 54.5 Å². The fourth-order valence-electron chi connectivity index (χ4n) is 2.58. The van der Waals surface area contributed by atoms with Crippen molar-refractivity contribution in [3.63, 3.8) is 0 Å². The predicted molar refractivity (Wildman–Crippen MR) is 90.4 cm³/mol. The molecule has 0 bridgehead atoms. The summed E-state index contributed by atoms with van der Waals surface area (Å²) in [7, 11) is 0. The maximum absolute atomic E-state index is 12.8. The Kier molecular flexibility index (Phi) is 3.76. The van der Waals surface area contributed by atoms with Crippen LogP contribution in [0, 0.1) is 6.92 Å². The third kappa shape index (κ3) is 2.45. The molecule has 21 heavy (non-hydrogen) atoms. The van der Waals surface area contributed by atoms with Crippen molar-refractivity contribution in [3.8, 4) is 0 Å². The summed E-state index contributed by atoms with van der Waals surface area (Å²) in [6.07, 6.45) is 0. The third-order valence-electron chi connectivity index (χ3n) is 3.68. The molecule has 0 aliphatic rings. The van der Waals surface area contributed by atoms with Crippen molar-refractivity contribution in [2.45, 2.75) is 13.8 Å². The number of fused-ring (bicyclic) bond motifs is 1. The van der Waals surface area contributed by atoms with Crippen molar-refractivity contribution in [3.05, 3.63) is 64.4 Å². The van der Waals surface area contributed by atoms with Gasteiger partial charge in [0.15, 0.2) is 0 Å². The number of anilines is 1. The van der Waals surface area contributed by atoms with E-state index >= 15 is 0 Å². The van der Waals surface area contributed by atoms with Gasteiger partial charge in [0.25, 0.3) is 5.91 Å². The van der Waals surface area contributed by atoms with E-state index in [1.54, 1.807) is 0 Å². The maximum atomic E-state index is 12.8. The highest BCUT2D eigenvalue weighted by molar-refractivity contribution is 7.12. The van der Waals surface area contributed by atoms with Crippen LogP contribution in [0.5, 0.6) is 0 Å².